The van der Waals surface area contributed by atoms with Crippen LogP contribution in [0.2, 0.25) is 0 Å². The first-order chi connectivity index (χ1) is 13.7. The smallest absolute Gasteiger partial charge is 0.233 e. The molecule has 4 atom stereocenters. The molecule has 3 fully saturated rings. The summed E-state index contributed by atoms with van der Waals surface area (Å²) in [6, 6.07) is 0. The van der Waals surface area contributed by atoms with E-state index in [1.54, 1.807) is 7.05 Å². The summed E-state index contributed by atoms with van der Waals surface area (Å²) in [5.74, 6) is 2.28. The molecule has 2 amide bonds. The number of allylic oxidation sites excluding steroid dienone is 2. The highest BCUT2D eigenvalue weighted by atomic mass is 16.2. The van der Waals surface area contributed by atoms with Crippen molar-refractivity contribution in [3.8, 4) is 0 Å². The van der Waals surface area contributed by atoms with Gasteiger partial charge >= 0.3 is 0 Å². The van der Waals surface area contributed by atoms with Gasteiger partial charge < -0.3 is 10.6 Å². The monoisotopic (exact) mass is 386 g/mol. The molecule has 2 saturated carbocycles. The standard InChI is InChI=1S/C22H34N4O2/c1-23-22(24-11-4-8-15-6-2-3-7-15)25-12-5-13-26-20(27)18-16-9-10-17(14-16)19(18)21(26)28/h9-10,15-19H,2-8,11-14H2,1H3,(H2,23,24,25). The van der Waals surface area contributed by atoms with Gasteiger partial charge in [-0.05, 0) is 43.4 Å². The predicted molar refractivity (Wildman–Crippen MR) is 110 cm³/mol. The van der Waals surface area contributed by atoms with Crippen LogP contribution in [0.4, 0.5) is 0 Å². The van der Waals surface area contributed by atoms with Gasteiger partial charge in [-0.25, -0.2) is 0 Å². The molecule has 2 N–H and O–H groups in total. The Morgan fingerprint density at radius 3 is 2.25 bits per heavy atom. The summed E-state index contributed by atoms with van der Waals surface area (Å²) in [5.41, 5.74) is 0. The molecule has 0 aromatic carbocycles. The van der Waals surface area contributed by atoms with Crippen molar-refractivity contribution >= 4 is 17.8 Å². The van der Waals surface area contributed by atoms with Crippen LogP contribution in [0, 0.1) is 29.6 Å². The number of aliphatic imine (C=N–C) groups is 1. The Kier molecular flexibility index (Phi) is 6.02. The van der Waals surface area contributed by atoms with Crippen molar-refractivity contribution in [3.63, 3.8) is 0 Å². The Morgan fingerprint density at radius 2 is 1.64 bits per heavy atom. The highest BCUT2D eigenvalue weighted by Gasteiger charge is 2.58. The number of amides is 2. The second kappa shape index (κ2) is 8.66. The summed E-state index contributed by atoms with van der Waals surface area (Å²) >= 11 is 0. The van der Waals surface area contributed by atoms with Crippen molar-refractivity contribution in [2.24, 2.45) is 34.6 Å². The van der Waals surface area contributed by atoms with Crippen LogP contribution in [-0.4, -0.2) is 49.4 Å². The molecule has 4 aliphatic rings. The molecule has 4 unspecified atom stereocenters. The van der Waals surface area contributed by atoms with Crippen LogP contribution in [0.25, 0.3) is 0 Å². The molecule has 4 rings (SSSR count). The van der Waals surface area contributed by atoms with E-state index in [0.29, 0.717) is 24.9 Å². The van der Waals surface area contributed by atoms with Gasteiger partial charge in [0.05, 0.1) is 11.8 Å². The van der Waals surface area contributed by atoms with E-state index >= 15 is 0 Å². The minimum Gasteiger partial charge on any atom is -0.356 e. The lowest BCUT2D eigenvalue weighted by atomic mass is 9.85. The number of hydrogen-bond acceptors (Lipinski definition) is 3. The van der Waals surface area contributed by atoms with Gasteiger partial charge in [0.25, 0.3) is 0 Å². The Labute approximate surface area is 168 Å². The first-order valence-corrected chi connectivity index (χ1v) is 11.2. The molecular formula is C22H34N4O2. The van der Waals surface area contributed by atoms with Crippen LogP contribution < -0.4 is 10.6 Å². The maximum absolute atomic E-state index is 12.7. The number of imide groups is 1. The third-order valence-electron chi connectivity index (χ3n) is 7.19. The van der Waals surface area contributed by atoms with Crippen LogP contribution in [0.3, 0.4) is 0 Å². The van der Waals surface area contributed by atoms with Gasteiger partial charge in [-0.2, -0.15) is 0 Å². The lowest BCUT2D eigenvalue weighted by Gasteiger charge is -2.18. The van der Waals surface area contributed by atoms with Crippen LogP contribution in [0.15, 0.2) is 17.1 Å². The number of carbonyl (C=O) groups excluding carboxylic acids is 2. The summed E-state index contributed by atoms with van der Waals surface area (Å²) in [7, 11) is 1.78. The molecule has 2 bridgehead atoms. The van der Waals surface area contributed by atoms with Crippen LogP contribution in [-0.2, 0) is 9.59 Å². The van der Waals surface area contributed by atoms with Crippen LogP contribution in [0.5, 0.6) is 0 Å². The maximum Gasteiger partial charge on any atom is 0.233 e. The summed E-state index contributed by atoms with van der Waals surface area (Å²) in [6.45, 7) is 2.16. The quantitative estimate of drug-likeness (QED) is 0.221. The first-order valence-electron chi connectivity index (χ1n) is 11.2. The Morgan fingerprint density at radius 1 is 1.04 bits per heavy atom. The van der Waals surface area contributed by atoms with Crippen molar-refractivity contribution < 1.29 is 9.59 Å². The molecule has 0 aromatic heterocycles. The van der Waals surface area contributed by atoms with Crippen LogP contribution in [0.1, 0.15) is 51.4 Å². The van der Waals surface area contributed by atoms with Gasteiger partial charge in [-0.3, -0.25) is 19.5 Å². The topological polar surface area (TPSA) is 73.8 Å². The van der Waals surface area contributed by atoms with E-state index in [1.165, 1.54) is 43.4 Å². The van der Waals surface area contributed by atoms with Crippen molar-refractivity contribution in [1.82, 2.24) is 15.5 Å². The fraction of sp³-hybridized carbons (Fsp3) is 0.773. The van der Waals surface area contributed by atoms with Crippen molar-refractivity contribution in [3.05, 3.63) is 12.2 Å². The summed E-state index contributed by atoms with van der Waals surface area (Å²) in [5, 5.41) is 6.68. The summed E-state index contributed by atoms with van der Waals surface area (Å²) in [4.78, 5) is 31.1. The van der Waals surface area contributed by atoms with Gasteiger partial charge in [-0.15, -0.1) is 0 Å². The average Bonchev–Trinajstić information content (AvgIpc) is 3.48. The maximum atomic E-state index is 12.7. The number of fused-ring (bicyclic) bond motifs is 5. The number of rotatable bonds is 8. The molecule has 0 radical (unpaired) electrons. The van der Waals surface area contributed by atoms with Crippen molar-refractivity contribution in [2.45, 2.75) is 51.4 Å². The lowest BCUT2D eigenvalue weighted by molar-refractivity contribution is -0.140. The van der Waals surface area contributed by atoms with Crippen LogP contribution >= 0.6 is 0 Å². The third kappa shape index (κ3) is 3.83. The van der Waals surface area contributed by atoms with E-state index in [-0.39, 0.29) is 23.7 Å². The predicted octanol–water partition coefficient (Wildman–Crippen LogP) is 2.32. The number of hydrogen-bond donors (Lipinski definition) is 2. The SMILES string of the molecule is CN=C(NCCCC1CCCC1)NCCCN1C(=O)C2C3C=CC(C3)C2C1=O. The summed E-state index contributed by atoms with van der Waals surface area (Å²) < 4.78 is 0. The fourth-order valence-corrected chi connectivity index (χ4v) is 5.75. The highest BCUT2D eigenvalue weighted by Crippen LogP contribution is 2.52. The van der Waals surface area contributed by atoms with Gasteiger partial charge in [-0.1, -0.05) is 37.8 Å². The zero-order valence-electron chi connectivity index (χ0n) is 17.0. The van der Waals surface area contributed by atoms with Gasteiger partial charge in [0, 0.05) is 26.7 Å². The molecule has 6 nitrogen and oxygen atoms in total. The van der Waals surface area contributed by atoms with Gasteiger partial charge in [0.15, 0.2) is 5.96 Å². The molecule has 154 valence electrons. The third-order valence-corrected chi connectivity index (χ3v) is 7.19. The largest absolute Gasteiger partial charge is 0.356 e. The lowest BCUT2D eigenvalue weighted by Crippen LogP contribution is -2.40. The molecule has 1 heterocycles. The molecule has 1 saturated heterocycles. The minimum atomic E-state index is -0.0789. The Bertz CT molecular complexity index is 623. The number of likely N-dealkylation sites (tertiary alicyclic amines) is 1. The number of nitrogens with one attached hydrogen (secondary N) is 2. The van der Waals surface area contributed by atoms with Gasteiger partial charge in [0.2, 0.25) is 11.8 Å². The molecule has 0 aromatic rings. The first kappa shape index (κ1) is 19.5. The average molecular weight is 387 g/mol. The van der Waals surface area contributed by atoms with E-state index in [1.807, 2.05) is 0 Å². The Balaban J connectivity index is 1.13. The molecule has 3 aliphatic carbocycles. The zero-order valence-corrected chi connectivity index (χ0v) is 17.0. The second-order valence-electron chi connectivity index (χ2n) is 8.90. The molecule has 6 heteroatoms. The molecule has 28 heavy (non-hydrogen) atoms. The molecule has 0 spiro atoms. The van der Waals surface area contributed by atoms with Crippen molar-refractivity contribution in [1.29, 1.82) is 0 Å². The number of guanidine groups is 1. The Hall–Kier alpha value is -1.85. The molecule has 1 aliphatic heterocycles. The van der Waals surface area contributed by atoms with Gasteiger partial charge in [0.1, 0.15) is 0 Å². The molecular weight excluding hydrogens is 352 g/mol. The highest BCUT2D eigenvalue weighted by molar-refractivity contribution is 6.06. The van der Waals surface area contributed by atoms with E-state index in [9.17, 15) is 9.59 Å². The normalized spacial score (nSPS) is 31.9. The fourth-order valence-electron chi connectivity index (χ4n) is 5.75. The number of nitrogens with zero attached hydrogens (tertiary/aromatic N) is 2. The van der Waals surface area contributed by atoms with E-state index in [4.69, 9.17) is 0 Å². The van der Waals surface area contributed by atoms with E-state index < -0.39 is 0 Å². The second-order valence-corrected chi connectivity index (χ2v) is 8.90. The van der Waals surface area contributed by atoms with E-state index in [0.717, 1.165) is 31.3 Å². The van der Waals surface area contributed by atoms with Crippen molar-refractivity contribution in [2.75, 3.05) is 26.7 Å². The zero-order chi connectivity index (χ0) is 19.5. The van der Waals surface area contributed by atoms with E-state index in [2.05, 4.69) is 27.8 Å². The number of carbonyl (C=O) groups is 2. The minimum absolute atomic E-state index is 0.0567. The summed E-state index contributed by atoms with van der Waals surface area (Å²) in [6.07, 6.45) is 14.1.